The van der Waals surface area contributed by atoms with Crippen molar-refractivity contribution < 1.29 is 9.18 Å². The van der Waals surface area contributed by atoms with Crippen molar-refractivity contribution in [1.82, 2.24) is 0 Å². The summed E-state index contributed by atoms with van der Waals surface area (Å²) in [6.07, 6.45) is 0. The maximum Gasteiger partial charge on any atom is 0.256 e. The summed E-state index contributed by atoms with van der Waals surface area (Å²) < 4.78 is 13.8. The minimum atomic E-state index is -0.386. The lowest BCUT2D eigenvalue weighted by Crippen LogP contribution is -2.13. The van der Waals surface area contributed by atoms with E-state index >= 15 is 0 Å². The second kappa shape index (κ2) is 5.75. The standard InChI is InChI=1S/C14H11BrFNOS/c1-8-2-3-9(16)6-13(8)17-14(18)11-7-10(19)4-5-12(11)15/h2-7,19H,1H3,(H,17,18). The highest BCUT2D eigenvalue weighted by molar-refractivity contribution is 9.10. The summed E-state index contributed by atoms with van der Waals surface area (Å²) in [6.45, 7) is 1.80. The van der Waals surface area contributed by atoms with E-state index in [0.29, 0.717) is 20.6 Å². The molecule has 0 saturated carbocycles. The molecular weight excluding hydrogens is 329 g/mol. The zero-order chi connectivity index (χ0) is 14.0. The lowest BCUT2D eigenvalue weighted by Gasteiger charge is -2.10. The first kappa shape index (κ1) is 14.1. The van der Waals surface area contributed by atoms with Gasteiger partial charge in [0.1, 0.15) is 5.82 Å². The molecule has 0 fully saturated rings. The minimum absolute atomic E-state index is 0.309. The quantitative estimate of drug-likeness (QED) is 0.778. The van der Waals surface area contributed by atoms with Crippen LogP contribution in [0.4, 0.5) is 10.1 Å². The van der Waals surface area contributed by atoms with Gasteiger partial charge in [-0.25, -0.2) is 4.39 Å². The number of aryl methyl sites for hydroxylation is 1. The third-order valence-electron chi connectivity index (χ3n) is 2.64. The summed E-state index contributed by atoms with van der Waals surface area (Å²) in [5.74, 6) is -0.695. The number of benzene rings is 2. The summed E-state index contributed by atoms with van der Waals surface area (Å²) in [4.78, 5) is 12.8. The number of carbonyl (C=O) groups excluding carboxylic acids is 1. The van der Waals surface area contributed by atoms with Crippen molar-refractivity contribution in [1.29, 1.82) is 0 Å². The minimum Gasteiger partial charge on any atom is -0.322 e. The third-order valence-corrected chi connectivity index (χ3v) is 3.61. The molecule has 19 heavy (non-hydrogen) atoms. The van der Waals surface area contributed by atoms with Crippen LogP contribution in [-0.2, 0) is 0 Å². The van der Waals surface area contributed by atoms with Crippen molar-refractivity contribution in [2.45, 2.75) is 11.8 Å². The molecule has 0 radical (unpaired) electrons. The average molecular weight is 340 g/mol. The number of amides is 1. The monoisotopic (exact) mass is 339 g/mol. The molecule has 0 aliphatic heterocycles. The van der Waals surface area contributed by atoms with Gasteiger partial charge >= 0.3 is 0 Å². The van der Waals surface area contributed by atoms with Gasteiger partial charge < -0.3 is 5.32 Å². The van der Waals surface area contributed by atoms with E-state index in [4.69, 9.17) is 0 Å². The third kappa shape index (κ3) is 3.36. The number of anilines is 1. The molecule has 2 nitrogen and oxygen atoms in total. The van der Waals surface area contributed by atoms with Crippen LogP contribution in [-0.4, -0.2) is 5.91 Å². The fraction of sp³-hybridized carbons (Fsp3) is 0.0714. The molecule has 0 aliphatic rings. The van der Waals surface area contributed by atoms with Gasteiger partial charge in [0.15, 0.2) is 0 Å². The Morgan fingerprint density at radius 1 is 1.26 bits per heavy atom. The Kier molecular flexibility index (Phi) is 4.27. The van der Waals surface area contributed by atoms with Crippen LogP contribution in [0.5, 0.6) is 0 Å². The first-order valence-electron chi connectivity index (χ1n) is 5.53. The number of carbonyl (C=O) groups is 1. The van der Waals surface area contributed by atoms with E-state index in [0.717, 1.165) is 5.56 Å². The van der Waals surface area contributed by atoms with E-state index in [1.807, 2.05) is 0 Å². The van der Waals surface area contributed by atoms with E-state index in [-0.39, 0.29) is 11.7 Å². The fourth-order valence-electron chi connectivity index (χ4n) is 1.61. The number of hydrogen-bond donors (Lipinski definition) is 2. The summed E-state index contributed by atoms with van der Waals surface area (Å²) in [5, 5.41) is 2.69. The fourth-order valence-corrected chi connectivity index (χ4v) is 2.24. The smallest absolute Gasteiger partial charge is 0.256 e. The largest absolute Gasteiger partial charge is 0.322 e. The highest BCUT2D eigenvalue weighted by atomic mass is 79.9. The van der Waals surface area contributed by atoms with Gasteiger partial charge in [0, 0.05) is 15.1 Å². The van der Waals surface area contributed by atoms with Crippen LogP contribution in [0.3, 0.4) is 0 Å². The first-order valence-corrected chi connectivity index (χ1v) is 6.77. The zero-order valence-corrected chi connectivity index (χ0v) is 12.6. The molecule has 0 spiro atoms. The van der Waals surface area contributed by atoms with Gasteiger partial charge in [0.25, 0.3) is 5.91 Å². The van der Waals surface area contributed by atoms with Gasteiger partial charge in [-0.15, -0.1) is 12.6 Å². The Morgan fingerprint density at radius 2 is 2.00 bits per heavy atom. The molecule has 0 aliphatic carbocycles. The number of halogens is 2. The molecule has 0 heterocycles. The molecule has 2 aromatic rings. The van der Waals surface area contributed by atoms with E-state index in [1.54, 1.807) is 31.2 Å². The second-order valence-corrected chi connectivity index (χ2v) is 5.45. The van der Waals surface area contributed by atoms with Gasteiger partial charge in [-0.1, -0.05) is 6.07 Å². The van der Waals surface area contributed by atoms with Crippen molar-refractivity contribution in [3.63, 3.8) is 0 Å². The van der Waals surface area contributed by atoms with Crippen molar-refractivity contribution >= 4 is 40.2 Å². The topological polar surface area (TPSA) is 29.1 Å². The van der Waals surface area contributed by atoms with Crippen LogP contribution in [0.1, 0.15) is 15.9 Å². The van der Waals surface area contributed by atoms with Crippen molar-refractivity contribution in [3.8, 4) is 0 Å². The van der Waals surface area contributed by atoms with Gasteiger partial charge in [-0.2, -0.15) is 0 Å². The molecule has 2 rings (SSSR count). The van der Waals surface area contributed by atoms with Gasteiger partial charge in [-0.05, 0) is 58.7 Å². The summed E-state index contributed by atoms with van der Waals surface area (Å²) in [7, 11) is 0. The summed E-state index contributed by atoms with van der Waals surface area (Å²) >= 11 is 7.51. The maximum atomic E-state index is 13.2. The highest BCUT2D eigenvalue weighted by Crippen LogP contribution is 2.23. The Morgan fingerprint density at radius 3 is 2.74 bits per heavy atom. The van der Waals surface area contributed by atoms with Crippen LogP contribution < -0.4 is 5.32 Å². The van der Waals surface area contributed by atoms with Crippen molar-refractivity contribution in [2.24, 2.45) is 0 Å². The molecule has 5 heteroatoms. The molecule has 0 aromatic heterocycles. The molecular formula is C14H11BrFNOS. The van der Waals surface area contributed by atoms with E-state index in [1.165, 1.54) is 12.1 Å². The van der Waals surface area contributed by atoms with E-state index < -0.39 is 0 Å². The normalized spacial score (nSPS) is 10.3. The predicted molar refractivity (Wildman–Crippen MR) is 80.5 cm³/mol. The maximum absolute atomic E-state index is 13.2. The molecule has 98 valence electrons. The Balaban J connectivity index is 2.30. The van der Waals surface area contributed by atoms with Crippen LogP contribution in [0.15, 0.2) is 45.8 Å². The van der Waals surface area contributed by atoms with Gasteiger partial charge in [0.05, 0.1) is 5.56 Å². The summed E-state index contributed by atoms with van der Waals surface area (Å²) in [6, 6.07) is 9.44. The van der Waals surface area contributed by atoms with Crippen LogP contribution in [0.25, 0.3) is 0 Å². The molecule has 0 bridgehead atoms. The van der Waals surface area contributed by atoms with Crippen LogP contribution in [0.2, 0.25) is 0 Å². The lowest BCUT2D eigenvalue weighted by atomic mass is 10.1. The Labute approximate surface area is 124 Å². The Hall–Kier alpha value is -1.33. The number of nitrogens with one attached hydrogen (secondary N) is 1. The number of hydrogen-bond acceptors (Lipinski definition) is 2. The van der Waals surface area contributed by atoms with E-state index in [2.05, 4.69) is 33.9 Å². The molecule has 0 unspecified atom stereocenters. The SMILES string of the molecule is Cc1ccc(F)cc1NC(=O)c1cc(S)ccc1Br. The number of thiol groups is 1. The molecule has 2 aromatic carbocycles. The first-order chi connectivity index (χ1) is 8.97. The zero-order valence-electron chi connectivity index (χ0n) is 10.1. The second-order valence-electron chi connectivity index (χ2n) is 4.08. The number of rotatable bonds is 2. The Bertz CT molecular complexity index is 645. The van der Waals surface area contributed by atoms with E-state index in [9.17, 15) is 9.18 Å². The van der Waals surface area contributed by atoms with Crippen molar-refractivity contribution in [3.05, 3.63) is 57.8 Å². The van der Waals surface area contributed by atoms with Gasteiger partial charge in [0.2, 0.25) is 0 Å². The van der Waals surface area contributed by atoms with Crippen LogP contribution >= 0.6 is 28.6 Å². The molecule has 0 saturated heterocycles. The lowest BCUT2D eigenvalue weighted by molar-refractivity contribution is 0.102. The van der Waals surface area contributed by atoms with Crippen molar-refractivity contribution in [2.75, 3.05) is 5.32 Å². The van der Waals surface area contributed by atoms with Crippen LogP contribution in [0, 0.1) is 12.7 Å². The van der Waals surface area contributed by atoms with Gasteiger partial charge in [-0.3, -0.25) is 4.79 Å². The highest BCUT2D eigenvalue weighted by Gasteiger charge is 2.12. The average Bonchev–Trinajstić information content (AvgIpc) is 2.36. The predicted octanol–water partition coefficient (Wildman–Crippen LogP) is 4.44. The molecule has 1 amide bonds. The summed E-state index contributed by atoms with van der Waals surface area (Å²) in [5.41, 5.74) is 1.71. The molecule has 1 N–H and O–H groups in total. The molecule has 0 atom stereocenters.